The van der Waals surface area contributed by atoms with Crippen molar-refractivity contribution < 1.29 is 29.0 Å². The van der Waals surface area contributed by atoms with E-state index >= 15 is 0 Å². The van der Waals surface area contributed by atoms with Gasteiger partial charge in [-0.1, -0.05) is 0 Å². The molecule has 5 N–H and O–H groups in total. The quantitative estimate of drug-likeness (QED) is 0.459. The number of carbonyl (C=O) groups is 3. The van der Waals surface area contributed by atoms with E-state index in [4.69, 9.17) is 15.6 Å². The van der Waals surface area contributed by atoms with E-state index in [1.165, 1.54) is 0 Å². The van der Waals surface area contributed by atoms with Gasteiger partial charge in [0, 0.05) is 6.54 Å². The first-order valence-electron chi connectivity index (χ1n) is 5.81. The minimum atomic E-state index is -0.990. The van der Waals surface area contributed by atoms with E-state index in [9.17, 15) is 14.4 Å². The second-order valence-corrected chi connectivity index (χ2v) is 3.97. The minimum absolute atomic E-state index is 0.0101. The first kappa shape index (κ1) is 15.0. The van der Waals surface area contributed by atoms with Crippen molar-refractivity contribution in [3.63, 3.8) is 0 Å². The Hall–Kier alpha value is -2.03. The average Bonchev–Trinajstić information content (AvgIpc) is 2.81. The highest BCUT2D eigenvalue weighted by molar-refractivity contribution is 5.74. The number of rotatable bonds is 6. The van der Waals surface area contributed by atoms with Crippen LogP contribution in [0.1, 0.15) is 12.8 Å². The Morgan fingerprint density at radius 3 is 2.63 bits per heavy atom. The summed E-state index contributed by atoms with van der Waals surface area (Å²) in [5, 5.41) is 13.7. The highest BCUT2D eigenvalue weighted by atomic mass is 16.5. The van der Waals surface area contributed by atoms with Crippen molar-refractivity contribution >= 4 is 18.1 Å². The number of carboxylic acids is 1. The van der Waals surface area contributed by atoms with Crippen molar-refractivity contribution in [2.24, 2.45) is 5.73 Å². The lowest BCUT2D eigenvalue weighted by molar-refractivity contribution is -0.149. The van der Waals surface area contributed by atoms with E-state index in [1.807, 2.05) is 0 Å². The molecule has 0 aromatic heterocycles. The van der Waals surface area contributed by atoms with Gasteiger partial charge in [0.15, 0.2) is 6.10 Å². The lowest BCUT2D eigenvalue weighted by Crippen LogP contribution is -2.41. The van der Waals surface area contributed by atoms with E-state index in [2.05, 4.69) is 15.4 Å². The fourth-order valence-corrected chi connectivity index (χ4v) is 1.62. The molecular formula is C10H17N3O6. The van der Waals surface area contributed by atoms with E-state index in [0.717, 1.165) is 0 Å². The number of nitrogens with one attached hydrogen (secondary N) is 2. The second kappa shape index (κ2) is 7.41. The normalized spacial score (nSPS) is 21.7. The SMILES string of the molecule is NC(=O)OCCNC(=O)NCC1CCC(C(=O)O)O1. The number of hydrogen-bond donors (Lipinski definition) is 4. The lowest BCUT2D eigenvalue weighted by atomic mass is 10.2. The molecule has 1 aliphatic heterocycles. The number of urea groups is 1. The number of nitrogens with two attached hydrogens (primary N) is 1. The van der Waals surface area contributed by atoms with Gasteiger partial charge in [0.05, 0.1) is 12.6 Å². The van der Waals surface area contributed by atoms with Gasteiger partial charge in [-0.25, -0.2) is 14.4 Å². The predicted molar refractivity (Wildman–Crippen MR) is 62.5 cm³/mol. The molecule has 0 aromatic rings. The highest BCUT2D eigenvalue weighted by Crippen LogP contribution is 2.18. The molecule has 1 aliphatic rings. The molecular weight excluding hydrogens is 258 g/mol. The first-order chi connectivity index (χ1) is 8.99. The summed E-state index contributed by atoms with van der Waals surface area (Å²) in [4.78, 5) is 32.2. The fourth-order valence-electron chi connectivity index (χ4n) is 1.62. The van der Waals surface area contributed by atoms with E-state index in [1.54, 1.807) is 0 Å². The van der Waals surface area contributed by atoms with Gasteiger partial charge in [-0.15, -0.1) is 0 Å². The molecule has 2 unspecified atom stereocenters. The van der Waals surface area contributed by atoms with Crippen LogP contribution in [0.3, 0.4) is 0 Å². The Balaban J connectivity index is 2.07. The number of carbonyl (C=O) groups excluding carboxylic acids is 2. The maximum absolute atomic E-state index is 11.3. The third-order valence-corrected chi connectivity index (χ3v) is 2.51. The lowest BCUT2D eigenvalue weighted by Gasteiger charge is -2.12. The molecule has 9 heteroatoms. The Morgan fingerprint density at radius 2 is 2.05 bits per heavy atom. The summed E-state index contributed by atoms with van der Waals surface area (Å²) in [6.07, 6.45) is -0.966. The molecule has 19 heavy (non-hydrogen) atoms. The Bertz CT molecular complexity index is 348. The Kier molecular flexibility index (Phi) is 5.86. The van der Waals surface area contributed by atoms with Crippen LogP contribution in [0, 0.1) is 0 Å². The summed E-state index contributed by atoms with van der Waals surface area (Å²) in [7, 11) is 0. The van der Waals surface area contributed by atoms with Gasteiger partial charge in [-0.3, -0.25) is 0 Å². The molecule has 0 saturated carbocycles. The minimum Gasteiger partial charge on any atom is -0.479 e. The standard InChI is InChI=1S/C10H17N3O6/c11-9(16)18-4-3-12-10(17)13-5-6-1-2-7(19-6)8(14)15/h6-7H,1-5H2,(H2,11,16)(H,14,15)(H2,12,13,17). The molecule has 0 aliphatic carbocycles. The van der Waals surface area contributed by atoms with Gasteiger partial charge < -0.3 is 30.9 Å². The van der Waals surface area contributed by atoms with E-state index in [-0.39, 0.29) is 25.8 Å². The molecule has 108 valence electrons. The van der Waals surface area contributed by atoms with Crippen LogP contribution in [0.25, 0.3) is 0 Å². The first-order valence-corrected chi connectivity index (χ1v) is 5.81. The fraction of sp³-hybridized carbons (Fsp3) is 0.700. The van der Waals surface area contributed by atoms with Gasteiger partial charge in [0.1, 0.15) is 6.61 Å². The van der Waals surface area contributed by atoms with Crippen molar-refractivity contribution in [1.29, 1.82) is 0 Å². The molecule has 0 aromatic carbocycles. The molecule has 0 bridgehead atoms. The summed E-state index contributed by atoms with van der Waals surface area (Å²) in [6.45, 7) is 0.355. The molecule has 1 rings (SSSR count). The van der Waals surface area contributed by atoms with Crippen molar-refractivity contribution in [2.75, 3.05) is 19.7 Å². The summed E-state index contributed by atoms with van der Waals surface area (Å²) < 4.78 is 9.62. The third-order valence-electron chi connectivity index (χ3n) is 2.51. The Labute approximate surface area is 109 Å². The topological polar surface area (TPSA) is 140 Å². The maximum atomic E-state index is 11.3. The number of hydrogen-bond acceptors (Lipinski definition) is 5. The molecule has 0 spiro atoms. The number of aliphatic carboxylic acids is 1. The van der Waals surface area contributed by atoms with Crippen molar-refractivity contribution in [1.82, 2.24) is 10.6 Å². The van der Waals surface area contributed by atoms with Gasteiger partial charge >= 0.3 is 18.1 Å². The highest BCUT2D eigenvalue weighted by Gasteiger charge is 2.30. The molecule has 3 amide bonds. The largest absolute Gasteiger partial charge is 0.479 e. The van der Waals surface area contributed by atoms with Crippen molar-refractivity contribution in [2.45, 2.75) is 25.0 Å². The number of primary amides is 1. The second-order valence-electron chi connectivity index (χ2n) is 3.97. The zero-order valence-electron chi connectivity index (χ0n) is 10.3. The van der Waals surface area contributed by atoms with Gasteiger partial charge in [0.2, 0.25) is 0 Å². The average molecular weight is 275 g/mol. The molecule has 9 nitrogen and oxygen atoms in total. The van der Waals surface area contributed by atoms with Crippen LogP contribution >= 0.6 is 0 Å². The summed E-state index contributed by atoms with van der Waals surface area (Å²) in [5.74, 6) is -0.990. The molecule has 2 atom stereocenters. The zero-order valence-corrected chi connectivity index (χ0v) is 10.3. The summed E-state index contributed by atoms with van der Waals surface area (Å²) >= 11 is 0. The van der Waals surface area contributed by atoms with Gasteiger partial charge in [-0.2, -0.15) is 0 Å². The van der Waals surface area contributed by atoms with E-state index in [0.29, 0.717) is 12.8 Å². The van der Waals surface area contributed by atoms with Crippen molar-refractivity contribution in [3.8, 4) is 0 Å². The summed E-state index contributed by atoms with van der Waals surface area (Å²) in [5.41, 5.74) is 4.73. The number of amides is 3. The molecule has 1 fully saturated rings. The molecule has 1 saturated heterocycles. The smallest absolute Gasteiger partial charge is 0.404 e. The monoisotopic (exact) mass is 275 g/mol. The molecule has 1 heterocycles. The zero-order chi connectivity index (χ0) is 14.3. The van der Waals surface area contributed by atoms with Crippen LogP contribution in [-0.2, 0) is 14.3 Å². The van der Waals surface area contributed by atoms with Crippen LogP contribution in [0.2, 0.25) is 0 Å². The van der Waals surface area contributed by atoms with Crippen LogP contribution in [0.5, 0.6) is 0 Å². The number of ether oxygens (including phenoxy) is 2. The van der Waals surface area contributed by atoms with Crippen LogP contribution in [-0.4, -0.2) is 55.1 Å². The van der Waals surface area contributed by atoms with Gasteiger partial charge in [0.25, 0.3) is 0 Å². The van der Waals surface area contributed by atoms with Crippen LogP contribution in [0.4, 0.5) is 9.59 Å². The van der Waals surface area contributed by atoms with Gasteiger partial charge in [-0.05, 0) is 12.8 Å². The molecule has 0 radical (unpaired) electrons. The van der Waals surface area contributed by atoms with Crippen LogP contribution < -0.4 is 16.4 Å². The van der Waals surface area contributed by atoms with Crippen LogP contribution in [0.15, 0.2) is 0 Å². The van der Waals surface area contributed by atoms with Crippen molar-refractivity contribution in [3.05, 3.63) is 0 Å². The Morgan fingerprint density at radius 1 is 1.32 bits per heavy atom. The third kappa shape index (κ3) is 5.91. The predicted octanol–water partition coefficient (Wildman–Crippen LogP) is -0.987. The maximum Gasteiger partial charge on any atom is 0.404 e. The summed E-state index contributed by atoms with van der Waals surface area (Å²) in [6, 6.07) is -0.449. The van der Waals surface area contributed by atoms with E-state index < -0.39 is 24.2 Å². The number of carboxylic acid groups (broad SMARTS) is 1.